The van der Waals surface area contributed by atoms with Gasteiger partial charge in [-0.3, -0.25) is 9.59 Å². The molecular weight excluding hydrogens is 210 g/mol. The molecule has 0 unspecified atom stereocenters. The molecule has 0 atom stereocenters. The van der Waals surface area contributed by atoms with Gasteiger partial charge in [-0.1, -0.05) is 0 Å². The number of carbonyl (C=O) groups is 1. The number of carbonyl (C=O) groups excluding carboxylic acids is 1. The lowest BCUT2D eigenvalue weighted by molar-refractivity contribution is 0.101. The minimum absolute atomic E-state index is 0.157. The monoisotopic (exact) mass is 223 g/mol. The zero-order valence-corrected chi connectivity index (χ0v) is 9.45. The summed E-state index contributed by atoms with van der Waals surface area (Å²) in [6.07, 6.45) is 1.84. The van der Waals surface area contributed by atoms with Gasteiger partial charge in [0.1, 0.15) is 0 Å². The van der Waals surface area contributed by atoms with Gasteiger partial charge in [-0.15, -0.1) is 0 Å². The Kier molecular flexibility index (Phi) is 2.95. The Morgan fingerprint density at radius 1 is 1.40 bits per heavy atom. The first kappa shape index (κ1) is 10.5. The normalized spacial score (nSPS) is 15.5. The fourth-order valence-electron chi connectivity index (χ4n) is 1.78. The van der Waals surface area contributed by atoms with Crippen molar-refractivity contribution in [1.82, 2.24) is 4.98 Å². The molecule has 3 nitrogen and oxygen atoms in total. The van der Waals surface area contributed by atoms with Gasteiger partial charge in [0.25, 0.3) is 5.56 Å². The van der Waals surface area contributed by atoms with E-state index >= 15 is 0 Å². The minimum atomic E-state index is -0.242. The van der Waals surface area contributed by atoms with Crippen LogP contribution in [0.3, 0.4) is 0 Å². The second kappa shape index (κ2) is 4.23. The van der Waals surface area contributed by atoms with Crippen molar-refractivity contribution >= 4 is 17.5 Å². The summed E-state index contributed by atoms with van der Waals surface area (Å²) in [5.74, 6) is 1.95. The van der Waals surface area contributed by atoms with Gasteiger partial charge in [-0.05, 0) is 42.9 Å². The molecule has 4 heteroatoms. The minimum Gasteiger partial charge on any atom is -0.325 e. The van der Waals surface area contributed by atoms with Crippen molar-refractivity contribution in [3.63, 3.8) is 0 Å². The Bertz CT molecular complexity index is 450. The summed E-state index contributed by atoms with van der Waals surface area (Å²) in [5.41, 5.74) is 2.19. The zero-order valence-electron chi connectivity index (χ0n) is 8.63. The second-order valence-electron chi connectivity index (χ2n) is 3.68. The van der Waals surface area contributed by atoms with Crippen molar-refractivity contribution in [2.45, 2.75) is 19.8 Å². The summed E-state index contributed by atoms with van der Waals surface area (Å²) in [4.78, 5) is 25.6. The number of thioether (sulfide) groups is 1. The Morgan fingerprint density at radius 3 is 2.87 bits per heavy atom. The summed E-state index contributed by atoms with van der Waals surface area (Å²) < 4.78 is 0. The number of fused-ring (bicyclic) bond motifs is 1. The summed E-state index contributed by atoms with van der Waals surface area (Å²) in [7, 11) is 0. The predicted molar refractivity (Wildman–Crippen MR) is 61.8 cm³/mol. The number of hydrogen-bond acceptors (Lipinski definition) is 3. The third-order valence-electron chi connectivity index (χ3n) is 2.61. The standard InChI is InChI=1S/C11H13NO2S/c1-7(13)9-6-8-2-4-15-5-3-10(8)12-11(9)14/h6H,2-5H2,1H3,(H,12,14). The average molecular weight is 223 g/mol. The van der Waals surface area contributed by atoms with Crippen LogP contribution in [0, 0.1) is 0 Å². The number of ketones is 1. The van der Waals surface area contributed by atoms with E-state index in [2.05, 4.69) is 4.98 Å². The van der Waals surface area contributed by atoms with Gasteiger partial charge in [0.05, 0.1) is 5.56 Å². The summed E-state index contributed by atoms with van der Waals surface area (Å²) in [5, 5.41) is 0. The molecule has 1 aromatic heterocycles. The molecule has 1 aliphatic rings. The van der Waals surface area contributed by atoms with Crippen LogP contribution in [0.2, 0.25) is 0 Å². The molecule has 0 spiro atoms. The molecule has 0 radical (unpaired) electrons. The molecule has 0 saturated heterocycles. The van der Waals surface area contributed by atoms with Crippen molar-refractivity contribution in [3.8, 4) is 0 Å². The molecule has 0 aromatic carbocycles. The summed E-state index contributed by atoms with van der Waals surface area (Å²) in [6, 6.07) is 1.77. The molecule has 0 amide bonds. The largest absolute Gasteiger partial charge is 0.325 e. The molecule has 80 valence electrons. The molecule has 0 aliphatic carbocycles. The number of aromatic amines is 1. The van der Waals surface area contributed by atoms with Crippen molar-refractivity contribution in [3.05, 3.63) is 33.2 Å². The number of hydrogen-bond donors (Lipinski definition) is 1. The number of pyridine rings is 1. The van der Waals surface area contributed by atoms with Crippen LogP contribution in [0.5, 0.6) is 0 Å². The predicted octanol–water partition coefficient (Wildman–Crippen LogP) is 1.41. The van der Waals surface area contributed by atoms with E-state index in [-0.39, 0.29) is 11.3 Å². The number of H-pyrrole nitrogens is 1. The Morgan fingerprint density at radius 2 is 2.13 bits per heavy atom. The Labute approximate surface area is 92.3 Å². The number of aromatic nitrogens is 1. The second-order valence-corrected chi connectivity index (χ2v) is 4.91. The van der Waals surface area contributed by atoms with E-state index in [0.29, 0.717) is 5.56 Å². The Balaban J connectivity index is 2.52. The maximum absolute atomic E-state index is 11.6. The van der Waals surface area contributed by atoms with E-state index in [9.17, 15) is 9.59 Å². The van der Waals surface area contributed by atoms with Crippen molar-refractivity contribution < 1.29 is 4.79 Å². The van der Waals surface area contributed by atoms with Gasteiger partial charge >= 0.3 is 0 Å². The molecule has 2 heterocycles. The van der Waals surface area contributed by atoms with Crippen LogP contribution >= 0.6 is 11.8 Å². The first-order valence-electron chi connectivity index (χ1n) is 5.02. The van der Waals surface area contributed by atoms with E-state index in [0.717, 1.165) is 35.6 Å². The number of rotatable bonds is 1. The van der Waals surface area contributed by atoms with Gasteiger partial charge in [-0.2, -0.15) is 11.8 Å². The number of aryl methyl sites for hydroxylation is 2. The third kappa shape index (κ3) is 2.15. The molecule has 2 rings (SSSR count). The third-order valence-corrected chi connectivity index (χ3v) is 3.59. The van der Waals surface area contributed by atoms with Gasteiger partial charge in [0.15, 0.2) is 5.78 Å². The zero-order chi connectivity index (χ0) is 10.8. The van der Waals surface area contributed by atoms with Crippen molar-refractivity contribution in [1.29, 1.82) is 0 Å². The molecule has 1 aliphatic heterocycles. The number of Topliss-reactive ketones (excluding diaryl/α,β-unsaturated/α-hetero) is 1. The lowest BCUT2D eigenvalue weighted by Crippen LogP contribution is -2.19. The lowest BCUT2D eigenvalue weighted by atomic mass is 10.0. The van der Waals surface area contributed by atoms with Gasteiger partial charge in [-0.25, -0.2) is 0 Å². The smallest absolute Gasteiger partial charge is 0.259 e. The Hall–Kier alpha value is -1.03. The maximum Gasteiger partial charge on any atom is 0.259 e. The highest BCUT2D eigenvalue weighted by molar-refractivity contribution is 7.99. The van der Waals surface area contributed by atoms with Gasteiger partial charge < -0.3 is 4.98 Å². The van der Waals surface area contributed by atoms with Gasteiger partial charge in [0.2, 0.25) is 0 Å². The van der Waals surface area contributed by atoms with E-state index in [4.69, 9.17) is 0 Å². The highest BCUT2D eigenvalue weighted by atomic mass is 32.2. The van der Waals surface area contributed by atoms with Crippen LogP contribution < -0.4 is 5.56 Å². The van der Waals surface area contributed by atoms with Crippen molar-refractivity contribution in [2.24, 2.45) is 0 Å². The van der Waals surface area contributed by atoms with Crippen LogP contribution in [-0.4, -0.2) is 22.3 Å². The number of nitrogens with one attached hydrogen (secondary N) is 1. The molecule has 15 heavy (non-hydrogen) atoms. The van der Waals surface area contributed by atoms with Crippen LogP contribution in [0.25, 0.3) is 0 Å². The fraction of sp³-hybridized carbons (Fsp3) is 0.455. The van der Waals surface area contributed by atoms with E-state index in [1.807, 2.05) is 11.8 Å². The van der Waals surface area contributed by atoms with E-state index < -0.39 is 0 Å². The van der Waals surface area contributed by atoms with E-state index in [1.54, 1.807) is 6.07 Å². The van der Waals surface area contributed by atoms with Gasteiger partial charge in [0, 0.05) is 5.69 Å². The molecular formula is C11H13NO2S. The topological polar surface area (TPSA) is 49.9 Å². The lowest BCUT2D eigenvalue weighted by Gasteiger charge is -2.05. The van der Waals surface area contributed by atoms with Crippen molar-refractivity contribution in [2.75, 3.05) is 11.5 Å². The molecule has 1 N–H and O–H groups in total. The first-order valence-corrected chi connectivity index (χ1v) is 6.17. The average Bonchev–Trinajstić information content (AvgIpc) is 2.40. The molecule has 0 fully saturated rings. The quantitative estimate of drug-likeness (QED) is 0.732. The maximum atomic E-state index is 11.6. The SMILES string of the molecule is CC(=O)c1cc2c([nH]c1=O)CCSCC2. The molecule has 1 aromatic rings. The highest BCUT2D eigenvalue weighted by Crippen LogP contribution is 2.17. The van der Waals surface area contributed by atoms with Crippen LogP contribution in [0.1, 0.15) is 28.5 Å². The van der Waals surface area contributed by atoms with Crippen LogP contribution in [0.4, 0.5) is 0 Å². The molecule has 0 bridgehead atoms. The first-order chi connectivity index (χ1) is 7.18. The van der Waals surface area contributed by atoms with Crippen LogP contribution in [-0.2, 0) is 12.8 Å². The highest BCUT2D eigenvalue weighted by Gasteiger charge is 2.13. The molecule has 0 saturated carbocycles. The fourth-order valence-corrected chi connectivity index (χ4v) is 2.69. The van der Waals surface area contributed by atoms with E-state index in [1.165, 1.54) is 6.92 Å². The van der Waals surface area contributed by atoms with Crippen LogP contribution in [0.15, 0.2) is 10.9 Å². The summed E-state index contributed by atoms with van der Waals surface area (Å²) >= 11 is 1.89. The summed E-state index contributed by atoms with van der Waals surface area (Å²) in [6.45, 7) is 1.43.